The molecule has 1 saturated heterocycles. The van der Waals surface area contributed by atoms with E-state index in [0.29, 0.717) is 5.92 Å². The number of aliphatic hydroxyl groups excluding tert-OH is 1. The molecule has 2 atom stereocenters. The number of nitrogens with one attached hydrogen (secondary N) is 1. The van der Waals surface area contributed by atoms with Gasteiger partial charge >= 0.3 is 0 Å². The van der Waals surface area contributed by atoms with E-state index in [1.54, 1.807) is 0 Å². The number of carbonyl (C=O) groups is 1. The van der Waals surface area contributed by atoms with E-state index in [2.05, 4.69) is 10.2 Å². The van der Waals surface area contributed by atoms with E-state index in [1.165, 1.54) is 0 Å². The molecule has 2 aliphatic rings. The first kappa shape index (κ1) is 12.4. The molecule has 5 nitrogen and oxygen atoms in total. The van der Waals surface area contributed by atoms with Crippen LogP contribution in [0.25, 0.3) is 0 Å². The van der Waals surface area contributed by atoms with E-state index in [-0.39, 0.29) is 12.5 Å². The van der Waals surface area contributed by atoms with Gasteiger partial charge in [-0.1, -0.05) is 6.07 Å². The third kappa shape index (κ3) is 2.19. The zero-order valence-electron chi connectivity index (χ0n) is 10.8. The summed E-state index contributed by atoms with van der Waals surface area (Å²) in [5.74, 6) is 0.432. The normalized spacial score (nSPS) is 25.6. The van der Waals surface area contributed by atoms with Crippen molar-refractivity contribution in [1.82, 2.24) is 0 Å². The number of carbonyl (C=O) groups excluding carboxylic acids is 1. The van der Waals surface area contributed by atoms with Gasteiger partial charge in [0.15, 0.2) is 0 Å². The van der Waals surface area contributed by atoms with Crippen LogP contribution in [-0.2, 0) is 4.79 Å². The van der Waals surface area contributed by atoms with Crippen molar-refractivity contribution in [3.63, 3.8) is 0 Å². The van der Waals surface area contributed by atoms with Crippen molar-refractivity contribution in [3.05, 3.63) is 23.8 Å². The van der Waals surface area contributed by atoms with Gasteiger partial charge in [-0.25, -0.2) is 0 Å². The van der Waals surface area contributed by atoms with Gasteiger partial charge in [-0.15, -0.1) is 0 Å². The van der Waals surface area contributed by atoms with Crippen molar-refractivity contribution < 1.29 is 9.90 Å². The molecule has 5 heteroatoms. The number of anilines is 2. The molecular weight excluding hydrogens is 242 g/mol. The number of rotatable bonds is 3. The van der Waals surface area contributed by atoms with Gasteiger partial charge < -0.3 is 21.1 Å². The predicted molar refractivity (Wildman–Crippen MR) is 74.0 cm³/mol. The van der Waals surface area contributed by atoms with Crippen LogP contribution in [0.5, 0.6) is 0 Å². The summed E-state index contributed by atoms with van der Waals surface area (Å²) in [4.78, 5) is 13.8. The molecular formula is C14H19N3O2. The van der Waals surface area contributed by atoms with Gasteiger partial charge in [0.2, 0.25) is 5.91 Å². The standard InChI is InChI=1S/C14H19N3O2/c15-13-11-2-1-10(7-12(11)16-14(13)19)17-5-3-9(8-17)4-6-18/h1-2,7,9,13,18H,3-6,8,15H2,(H,16,19). The summed E-state index contributed by atoms with van der Waals surface area (Å²) in [5, 5.41) is 11.8. The van der Waals surface area contributed by atoms with Crippen LogP contribution in [0.1, 0.15) is 24.4 Å². The average molecular weight is 261 g/mol. The Morgan fingerprint density at radius 2 is 2.32 bits per heavy atom. The lowest BCUT2D eigenvalue weighted by Gasteiger charge is -2.19. The SMILES string of the molecule is NC1C(=O)Nc2cc(N3CCC(CCO)C3)ccc21. The Labute approximate surface area is 112 Å². The third-order valence-corrected chi connectivity index (χ3v) is 4.10. The minimum absolute atomic E-state index is 0.133. The van der Waals surface area contributed by atoms with E-state index in [9.17, 15) is 4.79 Å². The van der Waals surface area contributed by atoms with Gasteiger partial charge in [-0.05, 0) is 30.9 Å². The van der Waals surface area contributed by atoms with Crippen LogP contribution in [0.2, 0.25) is 0 Å². The average Bonchev–Trinajstić information content (AvgIpc) is 2.96. The van der Waals surface area contributed by atoms with Crippen molar-refractivity contribution >= 4 is 17.3 Å². The minimum atomic E-state index is -0.537. The number of hydrogen-bond acceptors (Lipinski definition) is 4. The fraction of sp³-hybridized carbons (Fsp3) is 0.500. The third-order valence-electron chi connectivity index (χ3n) is 4.10. The van der Waals surface area contributed by atoms with E-state index < -0.39 is 6.04 Å². The Balaban J connectivity index is 1.77. The van der Waals surface area contributed by atoms with Gasteiger partial charge in [-0.3, -0.25) is 4.79 Å². The number of fused-ring (bicyclic) bond motifs is 1. The van der Waals surface area contributed by atoms with Crippen LogP contribution < -0.4 is 16.0 Å². The van der Waals surface area contributed by atoms with Crippen LogP contribution in [0.3, 0.4) is 0 Å². The largest absolute Gasteiger partial charge is 0.396 e. The lowest BCUT2D eigenvalue weighted by molar-refractivity contribution is -0.116. The quantitative estimate of drug-likeness (QED) is 0.753. The van der Waals surface area contributed by atoms with Crippen LogP contribution in [0, 0.1) is 5.92 Å². The zero-order valence-corrected chi connectivity index (χ0v) is 10.8. The summed E-state index contributed by atoms with van der Waals surface area (Å²) in [7, 11) is 0. The number of benzene rings is 1. The highest BCUT2D eigenvalue weighted by Crippen LogP contribution is 2.34. The number of hydrogen-bond donors (Lipinski definition) is 3. The molecule has 0 saturated carbocycles. The molecule has 4 N–H and O–H groups in total. The van der Waals surface area contributed by atoms with E-state index in [0.717, 1.165) is 42.9 Å². The maximum Gasteiger partial charge on any atom is 0.245 e. The molecule has 19 heavy (non-hydrogen) atoms. The molecule has 1 aromatic carbocycles. The monoisotopic (exact) mass is 261 g/mol. The fourth-order valence-electron chi connectivity index (χ4n) is 2.96. The zero-order chi connectivity index (χ0) is 13.4. The van der Waals surface area contributed by atoms with E-state index in [4.69, 9.17) is 10.8 Å². The van der Waals surface area contributed by atoms with Crippen LogP contribution >= 0.6 is 0 Å². The van der Waals surface area contributed by atoms with Gasteiger partial charge in [-0.2, -0.15) is 0 Å². The second-order valence-corrected chi connectivity index (χ2v) is 5.35. The highest BCUT2D eigenvalue weighted by atomic mass is 16.3. The van der Waals surface area contributed by atoms with Gasteiger partial charge in [0.1, 0.15) is 6.04 Å². The highest BCUT2D eigenvalue weighted by Gasteiger charge is 2.28. The Bertz CT molecular complexity index is 503. The first-order valence-electron chi connectivity index (χ1n) is 6.75. The van der Waals surface area contributed by atoms with Gasteiger partial charge in [0, 0.05) is 36.6 Å². The molecule has 1 amide bonds. The van der Waals surface area contributed by atoms with Crippen LogP contribution in [0.15, 0.2) is 18.2 Å². The molecule has 2 unspecified atom stereocenters. The maximum absolute atomic E-state index is 11.5. The summed E-state index contributed by atoms with van der Waals surface area (Å²) in [6.07, 6.45) is 1.98. The predicted octanol–water partition coefficient (Wildman–Crippen LogP) is 0.847. The van der Waals surface area contributed by atoms with E-state index >= 15 is 0 Å². The number of amides is 1. The number of aliphatic hydroxyl groups is 1. The molecule has 1 fully saturated rings. The van der Waals surface area contributed by atoms with Gasteiger partial charge in [0.05, 0.1) is 0 Å². The number of nitrogens with zero attached hydrogens (tertiary/aromatic N) is 1. The van der Waals surface area contributed by atoms with Crippen molar-refractivity contribution in [2.45, 2.75) is 18.9 Å². The summed E-state index contributed by atoms with van der Waals surface area (Å²) in [6.45, 7) is 2.23. The van der Waals surface area contributed by atoms with Crippen LogP contribution in [0.4, 0.5) is 11.4 Å². The summed E-state index contributed by atoms with van der Waals surface area (Å²) in [6, 6.07) is 5.43. The molecule has 0 spiro atoms. The summed E-state index contributed by atoms with van der Waals surface area (Å²) >= 11 is 0. The van der Waals surface area contributed by atoms with Crippen molar-refractivity contribution in [3.8, 4) is 0 Å². The van der Waals surface area contributed by atoms with Crippen molar-refractivity contribution in [2.24, 2.45) is 11.7 Å². The minimum Gasteiger partial charge on any atom is -0.396 e. The summed E-state index contributed by atoms with van der Waals surface area (Å²) < 4.78 is 0. The van der Waals surface area contributed by atoms with E-state index in [1.807, 2.05) is 18.2 Å². The van der Waals surface area contributed by atoms with Crippen molar-refractivity contribution in [2.75, 3.05) is 29.9 Å². The molecule has 3 rings (SSSR count). The van der Waals surface area contributed by atoms with Crippen molar-refractivity contribution in [1.29, 1.82) is 0 Å². The molecule has 0 aromatic heterocycles. The molecule has 102 valence electrons. The molecule has 0 radical (unpaired) electrons. The van der Waals surface area contributed by atoms with Gasteiger partial charge in [0.25, 0.3) is 0 Å². The Kier molecular flexibility index (Phi) is 3.16. The second-order valence-electron chi connectivity index (χ2n) is 5.35. The molecule has 2 heterocycles. The Morgan fingerprint density at radius 1 is 1.47 bits per heavy atom. The lowest BCUT2D eigenvalue weighted by Crippen LogP contribution is -2.20. The molecule has 0 bridgehead atoms. The highest BCUT2D eigenvalue weighted by molar-refractivity contribution is 6.02. The summed E-state index contributed by atoms with van der Waals surface area (Å²) in [5.41, 5.74) is 8.63. The lowest BCUT2D eigenvalue weighted by atomic mass is 10.1. The topological polar surface area (TPSA) is 78.6 Å². The molecule has 1 aromatic rings. The van der Waals surface area contributed by atoms with Crippen LogP contribution in [-0.4, -0.2) is 30.7 Å². The smallest absolute Gasteiger partial charge is 0.245 e. The Morgan fingerprint density at radius 3 is 3.11 bits per heavy atom. The first-order chi connectivity index (χ1) is 9.19. The first-order valence-corrected chi connectivity index (χ1v) is 6.75. The molecule has 0 aliphatic carbocycles. The molecule has 2 aliphatic heterocycles. The number of nitrogens with two attached hydrogens (primary N) is 1. The fourth-order valence-corrected chi connectivity index (χ4v) is 2.96. The Hall–Kier alpha value is -1.59. The second kappa shape index (κ2) is 4.83. The maximum atomic E-state index is 11.5.